The molecule has 4 rings (SSSR count). The Labute approximate surface area is 131 Å². The van der Waals surface area contributed by atoms with E-state index in [0.29, 0.717) is 0 Å². The van der Waals surface area contributed by atoms with E-state index in [9.17, 15) is 0 Å². The van der Waals surface area contributed by atoms with Gasteiger partial charge in [0.25, 0.3) is 0 Å². The van der Waals surface area contributed by atoms with E-state index in [4.69, 9.17) is 4.98 Å². The molecule has 0 N–H and O–H groups in total. The summed E-state index contributed by atoms with van der Waals surface area (Å²) >= 11 is 3.58. The summed E-state index contributed by atoms with van der Waals surface area (Å²) in [7, 11) is 0. The van der Waals surface area contributed by atoms with E-state index < -0.39 is 0 Å². The molecule has 0 aliphatic rings. The number of aryl methyl sites for hydroxylation is 1. The molecule has 2 heterocycles. The molecular formula is C18H13BrN2. The summed E-state index contributed by atoms with van der Waals surface area (Å²) in [6.45, 7) is 2.10. The first-order chi connectivity index (χ1) is 10.2. The summed E-state index contributed by atoms with van der Waals surface area (Å²) in [4.78, 5) is 4.72. The Hall–Kier alpha value is -2.13. The van der Waals surface area contributed by atoms with Crippen LogP contribution in [-0.4, -0.2) is 9.38 Å². The molecular weight excluding hydrogens is 324 g/mol. The Bertz CT molecular complexity index is 952. The molecule has 0 aliphatic heterocycles. The molecule has 2 aromatic carbocycles. The molecule has 0 atom stereocenters. The molecule has 0 aliphatic carbocycles. The van der Waals surface area contributed by atoms with Crippen LogP contribution >= 0.6 is 15.9 Å². The molecule has 0 bridgehead atoms. The SMILES string of the molecule is Cc1ccc(-c2nc(Br)c3ccc4ccccc4n23)cc1. The van der Waals surface area contributed by atoms with Gasteiger partial charge in [0.15, 0.2) is 0 Å². The lowest BCUT2D eigenvalue weighted by Crippen LogP contribution is -1.92. The molecule has 2 aromatic heterocycles. The zero-order valence-corrected chi connectivity index (χ0v) is 13.1. The lowest BCUT2D eigenvalue weighted by atomic mass is 10.1. The molecule has 0 amide bonds. The number of nitrogens with zero attached hydrogens (tertiary/aromatic N) is 2. The number of rotatable bonds is 1. The van der Waals surface area contributed by atoms with Crippen molar-refractivity contribution in [3.63, 3.8) is 0 Å². The second-order valence-corrected chi connectivity index (χ2v) is 5.96. The number of fused-ring (bicyclic) bond motifs is 3. The van der Waals surface area contributed by atoms with Gasteiger partial charge < -0.3 is 0 Å². The molecule has 0 unspecified atom stereocenters. The molecule has 0 fully saturated rings. The van der Waals surface area contributed by atoms with Gasteiger partial charge in [0, 0.05) is 5.56 Å². The minimum Gasteiger partial charge on any atom is -0.291 e. The lowest BCUT2D eigenvalue weighted by Gasteiger charge is -2.06. The van der Waals surface area contributed by atoms with Crippen LogP contribution in [0.3, 0.4) is 0 Å². The van der Waals surface area contributed by atoms with E-state index in [0.717, 1.165) is 21.5 Å². The summed E-state index contributed by atoms with van der Waals surface area (Å²) in [6, 6.07) is 21.1. The molecule has 3 heteroatoms. The average molecular weight is 337 g/mol. The highest BCUT2D eigenvalue weighted by atomic mass is 79.9. The van der Waals surface area contributed by atoms with E-state index in [1.54, 1.807) is 0 Å². The smallest absolute Gasteiger partial charge is 0.146 e. The second-order valence-electron chi connectivity index (χ2n) is 5.21. The minimum atomic E-state index is 0.879. The molecule has 0 saturated carbocycles. The predicted molar refractivity (Wildman–Crippen MR) is 90.6 cm³/mol. The number of para-hydroxylation sites is 1. The Morgan fingerprint density at radius 2 is 1.62 bits per heavy atom. The summed E-state index contributed by atoms with van der Waals surface area (Å²) < 4.78 is 3.09. The van der Waals surface area contributed by atoms with Crippen molar-refractivity contribution in [1.29, 1.82) is 0 Å². The maximum absolute atomic E-state index is 4.72. The van der Waals surface area contributed by atoms with Gasteiger partial charge in [-0.15, -0.1) is 0 Å². The van der Waals surface area contributed by atoms with Gasteiger partial charge in [-0.25, -0.2) is 4.98 Å². The van der Waals surface area contributed by atoms with Crippen LogP contribution in [0.4, 0.5) is 0 Å². The van der Waals surface area contributed by atoms with Gasteiger partial charge in [-0.1, -0.05) is 54.1 Å². The van der Waals surface area contributed by atoms with E-state index in [-0.39, 0.29) is 0 Å². The van der Waals surface area contributed by atoms with Crippen molar-refractivity contribution in [3.05, 3.63) is 70.8 Å². The predicted octanol–water partition coefficient (Wildman–Crippen LogP) is 5.23. The zero-order valence-electron chi connectivity index (χ0n) is 11.5. The molecule has 0 radical (unpaired) electrons. The molecule has 21 heavy (non-hydrogen) atoms. The van der Waals surface area contributed by atoms with E-state index in [1.165, 1.54) is 16.5 Å². The fourth-order valence-electron chi connectivity index (χ4n) is 2.69. The van der Waals surface area contributed by atoms with Gasteiger partial charge in [-0.2, -0.15) is 0 Å². The molecule has 0 saturated heterocycles. The first-order valence-corrected chi connectivity index (χ1v) is 7.66. The third-order valence-electron chi connectivity index (χ3n) is 3.78. The van der Waals surface area contributed by atoms with E-state index >= 15 is 0 Å². The van der Waals surface area contributed by atoms with Crippen molar-refractivity contribution in [2.75, 3.05) is 0 Å². The average Bonchev–Trinajstić information content (AvgIpc) is 2.86. The van der Waals surface area contributed by atoms with Crippen molar-refractivity contribution in [2.24, 2.45) is 0 Å². The van der Waals surface area contributed by atoms with Gasteiger partial charge in [-0.3, -0.25) is 4.40 Å². The first-order valence-electron chi connectivity index (χ1n) is 6.87. The number of hydrogen-bond acceptors (Lipinski definition) is 1. The second kappa shape index (κ2) is 4.71. The van der Waals surface area contributed by atoms with Gasteiger partial charge in [0.05, 0.1) is 11.0 Å². The fourth-order valence-corrected chi connectivity index (χ4v) is 3.17. The number of benzene rings is 2. The largest absolute Gasteiger partial charge is 0.291 e. The third-order valence-corrected chi connectivity index (χ3v) is 4.36. The van der Waals surface area contributed by atoms with Crippen LogP contribution in [0.2, 0.25) is 0 Å². The van der Waals surface area contributed by atoms with Gasteiger partial charge in [-0.05, 0) is 40.4 Å². The van der Waals surface area contributed by atoms with Gasteiger partial charge >= 0.3 is 0 Å². The van der Waals surface area contributed by atoms with Crippen LogP contribution in [0.5, 0.6) is 0 Å². The fraction of sp³-hybridized carbons (Fsp3) is 0.0556. The highest BCUT2D eigenvalue weighted by Crippen LogP contribution is 2.30. The maximum Gasteiger partial charge on any atom is 0.146 e. The van der Waals surface area contributed by atoms with Crippen molar-refractivity contribution in [3.8, 4) is 11.4 Å². The number of pyridine rings is 1. The highest BCUT2D eigenvalue weighted by Gasteiger charge is 2.13. The number of halogens is 1. The summed E-state index contributed by atoms with van der Waals surface area (Å²) in [5.41, 5.74) is 4.63. The van der Waals surface area contributed by atoms with Crippen molar-refractivity contribution in [1.82, 2.24) is 9.38 Å². The molecule has 4 aromatic rings. The van der Waals surface area contributed by atoms with Crippen LogP contribution in [0.15, 0.2) is 65.3 Å². The van der Waals surface area contributed by atoms with Crippen LogP contribution in [0.25, 0.3) is 27.8 Å². The normalized spacial score (nSPS) is 11.3. The Balaban J connectivity index is 2.13. The van der Waals surface area contributed by atoms with Crippen LogP contribution in [0.1, 0.15) is 5.56 Å². The van der Waals surface area contributed by atoms with Crippen molar-refractivity contribution in [2.45, 2.75) is 6.92 Å². The lowest BCUT2D eigenvalue weighted by molar-refractivity contribution is 1.21. The minimum absolute atomic E-state index is 0.879. The van der Waals surface area contributed by atoms with Crippen LogP contribution in [0, 0.1) is 6.92 Å². The van der Waals surface area contributed by atoms with Crippen LogP contribution in [-0.2, 0) is 0 Å². The first kappa shape index (κ1) is 12.6. The molecule has 2 nitrogen and oxygen atoms in total. The monoisotopic (exact) mass is 336 g/mol. The zero-order chi connectivity index (χ0) is 14.4. The number of aromatic nitrogens is 2. The van der Waals surface area contributed by atoms with E-state index in [2.05, 4.69) is 87.9 Å². The maximum atomic E-state index is 4.72. The van der Waals surface area contributed by atoms with Gasteiger partial charge in [0.1, 0.15) is 10.4 Å². The Morgan fingerprint density at radius 3 is 2.43 bits per heavy atom. The number of hydrogen-bond donors (Lipinski definition) is 0. The Morgan fingerprint density at radius 1 is 0.857 bits per heavy atom. The van der Waals surface area contributed by atoms with Crippen molar-refractivity contribution < 1.29 is 0 Å². The standard InChI is InChI=1S/C18H13BrN2/c1-12-6-8-14(9-7-12)18-20-17(19)16-11-10-13-4-2-3-5-15(13)21(16)18/h2-11H,1H3. The summed E-state index contributed by atoms with van der Waals surface area (Å²) in [5.74, 6) is 0.966. The molecule has 102 valence electrons. The topological polar surface area (TPSA) is 17.3 Å². The van der Waals surface area contributed by atoms with Crippen LogP contribution < -0.4 is 0 Å². The molecule has 0 spiro atoms. The number of imidazole rings is 1. The third kappa shape index (κ3) is 1.96. The van der Waals surface area contributed by atoms with Crippen molar-refractivity contribution >= 4 is 32.3 Å². The summed E-state index contributed by atoms with van der Waals surface area (Å²) in [6.07, 6.45) is 0. The summed E-state index contributed by atoms with van der Waals surface area (Å²) in [5, 5.41) is 1.21. The Kier molecular flexibility index (Phi) is 2.82. The van der Waals surface area contributed by atoms with Gasteiger partial charge in [0.2, 0.25) is 0 Å². The highest BCUT2D eigenvalue weighted by molar-refractivity contribution is 9.10. The van der Waals surface area contributed by atoms with E-state index in [1.807, 2.05) is 0 Å². The quantitative estimate of drug-likeness (QED) is 0.465.